The molecule has 0 aliphatic rings. The maximum atomic E-state index is 12.5. The molecule has 0 bridgehead atoms. The number of nitrogens with zero attached hydrogens (tertiary/aromatic N) is 4. The normalized spacial score (nSPS) is 12.1. The molecule has 2 aromatic carbocycles. The summed E-state index contributed by atoms with van der Waals surface area (Å²) >= 11 is 7.26. The molecule has 0 aliphatic heterocycles. The highest BCUT2D eigenvalue weighted by Crippen LogP contribution is 2.25. The highest BCUT2D eigenvalue weighted by atomic mass is 35.5. The lowest BCUT2D eigenvalue weighted by Crippen LogP contribution is -2.14. The number of benzene rings is 2. The quantitative estimate of drug-likeness (QED) is 0.522. The van der Waals surface area contributed by atoms with Crippen molar-refractivity contribution in [1.29, 1.82) is 0 Å². The molecule has 7 heteroatoms. The Hall–Kier alpha value is -2.18. The second-order valence-corrected chi connectivity index (χ2v) is 6.59. The van der Waals surface area contributed by atoms with E-state index in [4.69, 9.17) is 11.6 Å². The first kappa shape index (κ1) is 15.7. The second kappa shape index (κ2) is 6.93. The van der Waals surface area contributed by atoms with Crippen molar-refractivity contribution in [3.05, 3.63) is 65.2 Å². The minimum atomic E-state index is -0.332. The monoisotopic (exact) mass is 344 g/mol. The number of aromatic nitrogens is 4. The topological polar surface area (TPSA) is 60.7 Å². The van der Waals surface area contributed by atoms with E-state index in [0.717, 1.165) is 5.69 Å². The van der Waals surface area contributed by atoms with E-state index in [0.29, 0.717) is 15.7 Å². The number of hydrogen-bond acceptors (Lipinski definition) is 5. The third-order valence-electron chi connectivity index (χ3n) is 3.20. The molecule has 1 atom stereocenters. The molecule has 0 amide bonds. The molecule has 0 fully saturated rings. The van der Waals surface area contributed by atoms with E-state index in [1.165, 1.54) is 11.8 Å². The van der Waals surface area contributed by atoms with Crippen LogP contribution in [-0.2, 0) is 0 Å². The Bertz CT molecular complexity index is 822. The van der Waals surface area contributed by atoms with Crippen molar-refractivity contribution in [2.75, 3.05) is 0 Å². The Labute approximate surface area is 142 Å². The molecular formula is C16H13ClN4OS. The molecule has 0 spiro atoms. The van der Waals surface area contributed by atoms with E-state index in [1.807, 2.05) is 37.3 Å². The lowest BCUT2D eigenvalue weighted by atomic mass is 10.1. The number of hydrogen-bond donors (Lipinski definition) is 0. The average molecular weight is 345 g/mol. The maximum Gasteiger partial charge on any atom is 0.214 e. The Morgan fingerprint density at radius 3 is 2.70 bits per heavy atom. The minimum Gasteiger partial charge on any atom is -0.293 e. The van der Waals surface area contributed by atoms with Crippen LogP contribution in [-0.4, -0.2) is 31.2 Å². The fraction of sp³-hybridized carbons (Fsp3) is 0.125. The second-order valence-electron chi connectivity index (χ2n) is 4.84. The lowest BCUT2D eigenvalue weighted by Gasteiger charge is -2.10. The van der Waals surface area contributed by atoms with Gasteiger partial charge in [0.25, 0.3) is 0 Å². The van der Waals surface area contributed by atoms with Gasteiger partial charge in [-0.3, -0.25) is 4.79 Å². The van der Waals surface area contributed by atoms with Crippen LogP contribution in [0.5, 0.6) is 0 Å². The van der Waals surface area contributed by atoms with Crippen LogP contribution < -0.4 is 0 Å². The van der Waals surface area contributed by atoms with Crippen molar-refractivity contribution >= 4 is 29.1 Å². The van der Waals surface area contributed by atoms with Gasteiger partial charge in [-0.1, -0.05) is 53.7 Å². The first-order valence-electron chi connectivity index (χ1n) is 6.95. The van der Waals surface area contributed by atoms with E-state index in [1.54, 1.807) is 28.9 Å². The Morgan fingerprint density at radius 1 is 1.17 bits per heavy atom. The van der Waals surface area contributed by atoms with Crippen LogP contribution in [0.4, 0.5) is 0 Å². The third kappa shape index (κ3) is 3.60. The molecule has 0 aliphatic carbocycles. The van der Waals surface area contributed by atoms with Gasteiger partial charge in [-0.25, -0.2) is 0 Å². The van der Waals surface area contributed by atoms with Gasteiger partial charge in [0.1, 0.15) is 0 Å². The van der Waals surface area contributed by atoms with Crippen molar-refractivity contribution in [1.82, 2.24) is 20.2 Å². The SMILES string of the molecule is C[C@H](Sc1nnnn1-c1ccccc1)C(=O)c1cccc(Cl)c1. The van der Waals surface area contributed by atoms with Crippen LogP contribution in [0.3, 0.4) is 0 Å². The number of thioether (sulfide) groups is 1. The number of para-hydroxylation sites is 1. The van der Waals surface area contributed by atoms with Gasteiger partial charge in [0.2, 0.25) is 5.16 Å². The average Bonchev–Trinajstić information content (AvgIpc) is 3.03. The standard InChI is InChI=1S/C16H13ClN4OS/c1-11(15(22)12-6-5-7-13(17)10-12)23-16-18-19-20-21(16)14-8-3-2-4-9-14/h2-11H,1H3/t11-/m0/s1. The zero-order valence-electron chi connectivity index (χ0n) is 12.3. The maximum absolute atomic E-state index is 12.5. The molecule has 0 saturated heterocycles. The molecule has 3 aromatic rings. The number of Topliss-reactive ketones (excluding diaryl/α,β-unsaturated/α-hetero) is 1. The third-order valence-corrected chi connectivity index (χ3v) is 4.47. The van der Waals surface area contributed by atoms with E-state index in [2.05, 4.69) is 15.5 Å². The van der Waals surface area contributed by atoms with Gasteiger partial charge >= 0.3 is 0 Å². The molecule has 116 valence electrons. The van der Waals surface area contributed by atoms with Gasteiger partial charge in [0.05, 0.1) is 10.9 Å². The summed E-state index contributed by atoms with van der Waals surface area (Å²) < 4.78 is 1.62. The number of tetrazole rings is 1. The van der Waals surface area contributed by atoms with E-state index in [-0.39, 0.29) is 11.0 Å². The van der Waals surface area contributed by atoms with E-state index in [9.17, 15) is 4.79 Å². The van der Waals surface area contributed by atoms with Crippen LogP contribution >= 0.6 is 23.4 Å². The number of ketones is 1. The van der Waals surface area contributed by atoms with Gasteiger partial charge in [0, 0.05) is 10.6 Å². The first-order chi connectivity index (χ1) is 11.1. The molecular weight excluding hydrogens is 332 g/mol. The molecule has 23 heavy (non-hydrogen) atoms. The largest absolute Gasteiger partial charge is 0.293 e. The van der Waals surface area contributed by atoms with Gasteiger partial charge in [-0.15, -0.1) is 5.10 Å². The highest BCUT2D eigenvalue weighted by molar-refractivity contribution is 8.00. The summed E-state index contributed by atoms with van der Waals surface area (Å²) in [5.41, 5.74) is 1.43. The summed E-state index contributed by atoms with van der Waals surface area (Å²) in [5.74, 6) is -0.0138. The number of rotatable bonds is 5. The molecule has 0 N–H and O–H groups in total. The molecule has 0 saturated carbocycles. The van der Waals surface area contributed by atoms with Gasteiger partial charge in [-0.2, -0.15) is 4.68 Å². The molecule has 0 unspecified atom stereocenters. The zero-order valence-corrected chi connectivity index (χ0v) is 13.8. The fourth-order valence-electron chi connectivity index (χ4n) is 2.07. The Kier molecular flexibility index (Phi) is 4.73. The molecule has 0 radical (unpaired) electrons. The van der Waals surface area contributed by atoms with Crippen LogP contribution in [0.1, 0.15) is 17.3 Å². The van der Waals surface area contributed by atoms with Crippen molar-refractivity contribution in [3.63, 3.8) is 0 Å². The summed E-state index contributed by atoms with van der Waals surface area (Å²) in [6.45, 7) is 1.83. The predicted octanol–water partition coefficient (Wildman–Crippen LogP) is 3.68. The molecule has 5 nitrogen and oxygen atoms in total. The fourth-order valence-corrected chi connectivity index (χ4v) is 3.15. The summed E-state index contributed by atoms with van der Waals surface area (Å²) in [6.07, 6.45) is 0. The highest BCUT2D eigenvalue weighted by Gasteiger charge is 2.20. The summed E-state index contributed by atoms with van der Waals surface area (Å²) in [6, 6.07) is 16.5. The van der Waals surface area contributed by atoms with Crippen molar-refractivity contribution in [2.45, 2.75) is 17.3 Å². The first-order valence-corrected chi connectivity index (χ1v) is 8.21. The summed E-state index contributed by atoms with van der Waals surface area (Å²) in [5, 5.41) is 12.5. The molecule has 1 heterocycles. The van der Waals surface area contributed by atoms with Crippen LogP contribution in [0.2, 0.25) is 5.02 Å². The van der Waals surface area contributed by atoms with Crippen molar-refractivity contribution in [3.8, 4) is 5.69 Å². The Morgan fingerprint density at radius 2 is 1.96 bits per heavy atom. The van der Waals surface area contributed by atoms with E-state index < -0.39 is 0 Å². The van der Waals surface area contributed by atoms with Gasteiger partial charge in [0.15, 0.2) is 5.78 Å². The van der Waals surface area contributed by atoms with Gasteiger partial charge < -0.3 is 0 Å². The smallest absolute Gasteiger partial charge is 0.214 e. The van der Waals surface area contributed by atoms with Crippen LogP contribution in [0.25, 0.3) is 5.69 Å². The summed E-state index contributed by atoms with van der Waals surface area (Å²) in [7, 11) is 0. The van der Waals surface area contributed by atoms with E-state index >= 15 is 0 Å². The van der Waals surface area contributed by atoms with Gasteiger partial charge in [-0.05, 0) is 41.6 Å². The number of halogens is 1. The molecule has 1 aromatic heterocycles. The number of carbonyl (C=O) groups is 1. The minimum absolute atomic E-state index is 0.0138. The van der Waals surface area contributed by atoms with Crippen LogP contribution in [0.15, 0.2) is 59.8 Å². The predicted molar refractivity (Wildman–Crippen MR) is 90.3 cm³/mol. The Balaban J connectivity index is 1.80. The number of carbonyl (C=O) groups excluding carboxylic acids is 1. The zero-order chi connectivity index (χ0) is 16.2. The van der Waals surface area contributed by atoms with Crippen molar-refractivity contribution in [2.24, 2.45) is 0 Å². The van der Waals surface area contributed by atoms with Crippen molar-refractivity contribution < 1.29 is 4.79 Å². The lowest BCUT2D eigenvalue weighted by molar-refractivity contribution is 0.0994. The van der Waals surface area contributed by atoms with Crippen LogP contribution in [0, 0.1) is 0 Å². The molecule has 3 rings (SSSR count). The summed E-state index contributed by atoms with van der Waals surface area (Å²) in [4.78, 5) is 12.5.